The maximum Gasteiger partial charge on any atom is 0.124 e. The first-order valence-electron chi connectivity index (χ1n) is 13.5. The van der Waals surface area contributed by atoms with E-state index in [1.165, 1.54) is 0 Å². The van der Waals surface area contributed by atoms with E-state index in [0.717, 1.165) is 39.5 Å². The summed E-state index contributed by atoms with van der Waals surface area (Å²) in [7, 11) is 0. The van der Waals surface area contributed by atoms with Crippen molar-refractivity contribution in [3.63, 3.8) is 0 Å². The molecule has 0 amide bonds. The van der Waals surface area contributed by atoms with Crippen molar-refractivity contribution in [1.29, 1.82) is 0 Å². The number of phenols is 1. The molecule has 0 atom stereocenters. The van der Waals surface area contributed by atoms with Crippen LogP contribution >= 0.6 is 0 Å². The molecule has 7 nitrogen and oxygen atoms in total. The Hall–Kier alpha value is -3.36. The zero-order valence-electron chi connectivity index (χ0n) is 24.3. The number of aryl methyl sites for hydroxylation is 1. The van der Waals surface area contributed by atoms with Gasteiger partial charge in [0.2, 0.25) is 0 Å². The topological polar surface area (TPSA) is 78.3 Å². The molecule has 0 spiro atoms. The van der Waals surface area contributed by atoms with Crippen LogP contribution in [0.2, 0.25) is 0 Å². The molecule has 4 heterocycles. The summed E-state index contributed by atoms with van der Waals surface area (Å²) in [5.41, 5.74) is 6.78. The number of hydrogen-bond donors (Lipinski definition) is 1. The van der Waals surface area contributed by atoms with Gasteiger partial charge in [-0.3, -0.25) is 29.7 Å². The van der Waals surface area contributed by atoms with Crippen LogP contribution in [-0.2, 0) is 72.0 Å². The Morgan fingerprint density at radius 1 is 0.524 bits per heavy atom. The molecule has 213 valence electrons. The van der Waals surface area contributed by atoms with Gasteiger partial charge in [-0.15, -0.1) is 0 Å². The fourth-order valence-corrected chi connectivity index (χ4v) is 4.88. The van der Waals surface area contributed by atoms with Crippen LogP contribution in [0.1, 0.15) is 39.5 Å². The Bertz CT molecular complexity index is 1280. The van der Waals surface area contributed by atoms with Gasteiger partial charge in [-0.2, -0.15) is 0 Å². The minimum Gasteiger partial charge on any atom is -0.507 e. The molecule has 0 bridgehead atoms. The minimum atomic E-state index is 0. The van der Waals surface area contributed by atoms with Gasteiger partial charge in [-0.05, 0) is 55.5 Å². The van der Waals surface area contributed by atoms with Gasteiger partial charge in [0, 0.05) is 108 Å². The Labute approximate surface area is 274 Å². The standard InChI is InChI=1S/C33H34N6O.CH3.Y/c1-26-18-27(20-38(22-29-10-2-6-14-34-29)23-30-11-3-7-15-35-30)33(40)28(19-26)21-39(24-31-12-4-8-16-36-31)25-32-13-5-9-17-37-32;;/h2-19,40H,20-25H2,1H3;1H3;/q;-1;. The molecule has 0 fully saturated rings. The predicted molar refractivity (Wildman–Crippen MR) is 162 cm³/mol. The second kappa shape index (κ2) is 16.9. The van der Waals surface area contributed by atoms with E-state index >= 15 is 0 Å². The van der Waals surface area contributed by atoms with Crippen molar-refractivity contribution in [3.05, 3.63) is 157 Å². The summed E-state index contributed by atoms with van der Waals surface area (Å²) in [4.78, 5) is 22.7. The number of pyridine rings is 4. The molecule has 5 aromatic rings. The predicted octanol–water partition coefficient (Wildman–Crippen LogP) is 6.13. The van der Waals surface area contributed by atoms with Crippen LogP contribution in [0.15, 0.2) is 110 Å². The molecular weight excluding hydrogens is 597 g/mol. The molecule has 0 unspecified atom stereocenters. The Morgan fingerprint density at radius 3 is 1.10 bits per heavy atom. The van der Waals surface area contributed by atoms with Crippen molar-refractivity contribution >= 4 is 0 Å². The molecule has 0 aliphatic carbocycles. The van der Waals surface area contributed by atoms with Crippen LogP contribution in [0.4, 0.5) is 0 Å². The van der Waals surface area contributed by atoms with Gasteiger partial charge in [0.25, 0.3) is 0 Å². The van der Waals surface area contributed by atoms with Crippen molar-refractivity contribution < 1.29 is 37.8 Å². The quantitative estimate of drug-likeness (QED) is 0.166. The van der Waals surface area contributed by atoms with Crippen LogP contribution in [-0.4, -0.2) is 34.8 Å². The second-order valence-electron chi connectivity index (χ2n) is 10.0. The first kappa shape index (κ1) is 33.1. The summed E-state index contributed by atoms with van der Waals surface area (Å²) in [6.45, 7) is 5.78. The van der Waals surface area contributed by atoms with Crippen molar-refractivity contribution in [2.45, 2.75) is 46.2 Å². The number of aromatic hydroxyl groups is 1. The first-order chi connectivity index (χ1) is 19.6. The fraction of sp³-hybridized carbons (Fsp3) is 0.206. The van der Waals surface area contributed by atoms with Crippen molar-refractivity contribution in [2.75, 3.05) is 0 Å². The van der Waals surface area contributed by atoms with Crippen molar-refractivity contribution in [3.8, 4) is 5.75 Å². The number of aromatic nitrogens is 4. The van der Waals surface area contributed by atoms with E-state index in [1.807, 2.05) is 97.6 Å². The maximum atomic E-state index is 11.6. The summed E-state index contributed by atoms with van der Waals surface area (Å²) in [5, 5.41) is 11.6. The summed E-state index contributed by atoms with van der Waals surface area (Å²) < 4.78 is 0. The van der Waals surface area contributed by atoms with E-state index in [-0.39, 0.29) is 40.1 Å². The smallest absolute Gasteiger partial charge is 0.124 e. The van der Waals surface area contributed by atoms with Crippen LogP contribution < -0.4 is 0 Å². The molecule has 1 aromatic carbocycles. The molecule has 0 saturated heterocycles. The van der Waals surface area contributed by atoms with Crippen LogP contribution in [0.25, 0.3) is 0 Å². The van der Waals surface area contributed by atoms with Gasteiger partial charge in [0.05, 0.1) is 22.8 Å². The third kappa shape index (κ3) is 9.88. The van der Waals surface area contributed by atoms with Gasteiger partial charge in [0.15, 0.2) is 0 Å². The number of rotatable bonds is 12. The van der Waals surface area contributed by atoms with Gasteiger partial charge >= 0.3 is 0 Å². The summed E-state index contributed by atoms with van der Waals surface area (Å²) in [6, 6.07) is 28.0. The molecule has 5 rings (SSSR count). The fourth-order valence-electron chi connectivity index (χ4n) is 4.88. The summed E-state index contributed by atoms with van der Waals surface area (Å²) in [5.74, 6) is 0.324. The van der Waals surface area contributed by atoms with E-state index in [2.05, 4.69) is 48.8 Å². The zero-order chi connectivity index (χ0) is 27.6. The summed E-state index contributed by atoms with van der Waals surface area (Å²) in [6.07, 6.45) is 7.26. The third-order valence-electron chi connectivity index (χ3n) is 6.65. The zero-order valence-corrected chi connectivity index (χ0v) is 27.2. The molecule has 4 aromatic heterocycles. The van der Waals surface area contributed by atoms with Gasteiger partial charge in [-0.25, -0.2) is 0 Å². The second-order valence-corrected chi connectivity index (χ2v) is 10.0. The number of hydrogen-bond acceptors (Lipinski definition) is 7. The van der Waals surface area contributed by atoms with Crippen molar-refractivity contribution in [1.82, 2.24) is 29.7 Å². The van der Waals surface area contributed by atoms with Gasteiger partial charge in [-0.1, -0.05) is 42.0 Å². The molecular formula is C34H37N6OY-. The molecule has 1 radical (unpaired) electrons. The Kier molecular flexibility index (Phi) is 13.4. The van der Waals surface area contributed by atoms with E-state index in [1.54, 1.807) is 0 Å². The van der Waals surface area contributed by atoms with E-state index in [4.69, 9.17) is 0 Å². The number of phenolic OH excluding ortho intramolecular Hbond substituents is 1. The first-order valence-corrected chi connectivity index (χ1v) is 13.5. The average Bonchev–Trinajstić information content (AvgIpc) is 2.97. The molecule has 42 heavy (non-hydrogen) atoms. The largest absolute Gasteiger partial charge is 0.507 e. The van der Waals surface area contributed by atoms with Crippen molar-refractivity contribution in [2.24, 2.45) is 0 Å². The third-order valence-corrected chi connectivity index (χ3v) is 6.65. The van der Waals surface area contributed by atoms with Crippen LogP contribution in [0.3, 0.4) is 0 Å². The number of nitrogens with zero attached hydrogens (tertiary/aromatic N) is 6. The van der Waals surface area contributed by atoms with Gasteiger partial charge in [0.1, 0.15) is 5.75 Å². The molecule has 8 heteroatoms. The Morgan fingerprint density at radius 2 is 0.833 bits per heavy atom. The average molecular weight is 635 g/mol. The van der Waals surface area contributed by atoms with E-state index in [9.17, 15) is 5.11 Å². The van der Waals surface area contributed by atoms with Gasteiger partial charge < -0.3 is 12.5 Å². The Balaban J connectivity index is 0.00000242. The number of benzene rings is 1. The minimum absolute atomic E-state index is 0. The monoisotopic (exact) mass is 634 g/mol. The van der Waals surface area contributed by atoms with E-state index in [0.29, 0.717) is 45.0 Å². The molecule has 0 aliphatic rings. The van der Waals surface area contributed by atoms with Crippen LogP contribution in [0, 0.1) is 14.4 Å². The van der Waals surface area contributed by atoms with Crippen LogP contribution in [0.5, 0.6) is 5.75 Å². The molecule has 1 N–H and O–H groups in total. The normalized spacial score (nSPS) is 10.7. The molecule has 0 saturated carbocycles. The SMILES string of the molecule is Cc1cc(CN(Cc2ccccn2)Cc2ccccn2)c(O)c(CN(Cc2ccccn2)Cc2ccccn2)c1.[CH3-].[Y]. The maximum absolute atomic E-state index is 11.6. The molecule has 0 aliphatic heterocycles. The van der Waals surface area contributed by atoms with E-state index < -0.39 is 0 Å². The summed E-state index contributed by atoms with van der Waals surface area (Å²) >= 11 is 0.